The molecule has 0 radical (unpaired) electrons. The fourth-order valence-electron chi connectivity index (χ4n) is 3.03. The lowest BCUT2D eigenvalue weighted by atomic mass is 10.1. The van der Waals surface area contributed by atoms with E-state index in [-0.39, 0.29) is 17.3 Å². The van der Waals surface area contributed by atoms with Crippen molar-refractivity contribution in [2.45, 2.75) is 32.4 Å². The lowest BCUT2D eigenvalue weighted by molar-refractivity contribution is 0.346. The van der Waals surface area contributed by atoms with Crippen molar-refractivity contribution >= 4 is 10.9 Å². The first-order chi connectivity index (χ1) is 9.74. The normalized spacial score (nSPS) is 16.6. The van der Waals surface area contributed by atoms with Crippen LogP contribution in [0.4, 0.5) is 0 Å². The summed E-state index contributed by atoms with van der Waals surface area (Å²) >= 11 is 0. The van der Waals surface area contributed by atoms with E-state index < -0.39 is 0 Å². The van der Waals surface area contributed by atoms with Gasteiger partial charge in [0.1, 0.15) is 0 Å². The van der Waals surface area contributed by atoms with Crippen molar-refractivity contribution in [3.05, 3.63) is 45.1 Å². The third kappa shape index (κ3) is 1.98. The number of hydrogen-bond donors (Lipinski definition) is 1. The second kappa shape index (κ2) is 5.25. The highest BCUT2D eigenvalue weighted by Gasteiger charge is 2.21. The topological polar surface area (TPSA) is 56.0 Å². The first kappa shape index (κ1) is 13.1. The Kier molecular flexibility index (Phi) is 3.44. The number of aryl methyl sites for hydroxylation is 1. The van der Waals surface area contributed by atoms with Crippen LogP contribution in [0.3, 0.4) is 0 Å². The van der Waals surface area contributed by atoms with Crippen molar-refractivity contribution in [2.24, 2.45) is 0 Å². The number of hydrogen-bond acceptors (Lipinski definition) is 3. The maximum atomic E-state index is 12.6. The van der Waals surface area contributed by atoms with E-state index in [1.807, 2.05) is 25.1 Å². The number of nitrogens with one attached hydrogen (secondary N) is 1. The highest BCUT2D eigenvalue weighted by atomic mass is 16.2. The minimum Gasteiger partial charge on any atom is -0.317 e. The molecule has 1 aliphatic heterocycles. The molecule has 1 aromatic carbocycles. The van der Waals surface area contributed by atoms with Crippen molar-refractivity contribution in [3.8, 4) is 0 Å². The molecule has 20 heavy (non-hydrogen) atoms. The fourth-order valence-corrected chi connectivity index (χ4v) is 3.03. The molecule has 0 amide bonds. The summed E-state index contributed by atoms with van der Waals surface area (Å²) in [5.74, 6) is 0. The molecule has 0 spiro atoms. The number of benzene rings is 1. The maximum Gasteiger partial charge on any atom is 0.331 e. The molecule has 0 atom stereocenters. The van der Waals surface area contributed by atoms with Crippen molar-refractivity contribution in [1.29, 1.82) is 0 Å². The van der Waals surface area contributed by atoms with E-state index in [0.717, 1.165) is 31.4 Å². The second-order valence-corrected chi connectivity index (χ2v) is 5.20. The van der Waals surface area contributed by atoms with Crippen LogP contribution < -0.4 is 16.6 Å². The summed E-state index contributed by atoms with van der Waals surface area (Å²) in [4.78, 5) is 25.3. The smallest absolute Gasteiger partial charge is 0.317 e. The molecule has 1 aliphatic rings. The molecule has 2 aromatic rings. The highest BCUT2D eigenvalue weighted by molar-refractivity contribution is 5.77. The molecule has 1 aromatic heterocycles. The number of para-hydroxylation sites is 1. The van der Waals surface area contributed by atoms with Crippen LogP contribution in [-0.2, 0) is 6.54 Å². The summed E-state index contributed by atoms with van der Waals surface area (Å²) < 4.78 is 3.16. The van der Waals surface area contributed by atoms with Crippen LogP contribution in [0.15, 0.2) is 33.9 Å². The van der Waals surface area contributed by atoms with Gasteiger partial charge in [0, 0.05) is 12.6 Å². The number of fused-ring (bicyclic) bond motifs is 1. The van der Waals surface area contributed by atoms with E-state index in [1.165, 1.54) is 4.57 Å². The predicted octanol–water partition coefficient (Wildman–Crippen LogP) is 1.11. The first-order valence-corrected chi connectivity index (χ1v) is 7.19. The fraction of sp³-hybridized carbons (Fsp3) is 0.467. The lowest BCUT2D eigenvalue weighted by Gasteiger charge is -2.25. The van der Waals surface area contributed by atoms with E-state index in [0.29, 0.717) is 11.9 Å². The van der Waals surface area contributed by atoms with E-state index in [4.69, 9.17) is 0 Å². The van der Waals surface area contributed by atoms with Crippen molar-refractivity contribution in [2.75, 3.05) is 13.1 Å². The number of piperidine rings is 1. The van der Waals surface area contributed by atoms with E-state index in [9.17, 15) is 9.59 Å². The van der Waals surface area contributed by atoms with Gasteiger partial charge in [0.15, 0.2) is 0 Å². The zero-order valence-electron chi connectivity index (χ0n) is 11.6. The predicted molar refractivity (Wildman–Crippen MR) is 79.3 cm³/mol. The molecule has 0 aliphatic carbocycles. The molecule has 3 rings (SSSR count). The molecule has 5 heteroatoms. The van der Waals surface area contributed by atoms with Gasteiger partial charge in [-0.3, -0.25) is 13.9 Å². The summed E-state index contributed by atoms with van der Waals surface area (Å²) in [6.07, 6.45) is 1.66. The Bertz CT molecular complexity index is 739. The Labute approximate surface area is 116 Å². The van der Waals surface area contributed by atoms with Crippen LogP contribution in [0.5, 0.6) is 0 Å². The minimum absolute atomic E-state index is 0.0126. The molecule has 1 N–H and O–H groups in total. The Morgan fingerprint density at radius 1 is 1.20 bits per heavy atom. The summed E-state index contributed by atoms with van der Waals surface area (Å²) in [6.45, 7) is 4.22. The molecule has 1 fully saturated rings. The SMILES string of the molecule is CCn1c(=O)n(C2CCNCC2)c(=O)c2ccccc21. The standard InChI is InChI=1S/C15H19N3O2/c1-2-17-13-6-4-3-5-12(13)14(19)18(15(17)20)11-7-9-16-10-8-11/h3-6,11,16H,2,7-10H2,1H3. The number of rotatable bonds is 2. The molecular weight excluding hydrogens is 254 g/mol. The average Bonchev–Trinajstić information content (AvgIpc) is 2.49. The minimum atomic E-state index is -0.178. The van der Waals surface area contributed by atoms with Gasteiger partial charge < -0.3 is 5.32 Å². The zero-order valence-corrected chi connectivity index (χ0v) is 11.6. The largest absolute Gasteiger partial charge is 0.331 e. The van der Waals surface area contributed by atoms with Gasteiger partial charge in [0.25, 0.3) is 5.56 Å². The second-order valence-electron chi connectivity index (χ2n) is 5.20. The summed E-state index contributed by atoms with van der Waals surface area (Å²) in [6, 6.07) is 7.37. The van der Waals surface area contributed by atoms with Crippen LogP contribution in [0.25, 0.3) is 10.9 Å². The van der Waals surface area contributed by atoms with Crippen LogP contribution in [0.1, 0.15) is 25.8 Å². The first-order valence-electron chi connectivity index (χ1n) is 7.19. The summed E-state index contributed by atoms with van der Waals surface area (Å²) in [5.41, 5.74) is 0.403. The molecular formula is C15H19N3O2. The molecule has 0 bridgehead atoms. The monoisotopic (exact) mass is 273 g/mol. The number of nitrogens with zero attached hydrogens (tertiary/aromatic N) is 2. The number of aromatic nitrogens is 2. The van der Waals surface area contributed by atoms with Crippen LogP contribution in [0, 0.1) is 0 Å². The summed E-state index contributed by atoms with van der Waals surface area (Å²) in [7, 11) is 0. The van der Waals surface area contributed by atoms with Crippen LogP contribution >= 0.6 is 0 Å². The third-order valence-electron chi connectivity index (χ3n) is 4.07. The van der Waals surface area contributed by atoms with Crippen LogP contribution in [0.2, 0.25) is 0 Å². The maximum absolute atomic E-state index is 12.6. The Morgan fingerprint density at radius 3 is 2.60 bits per heavy atom. The van der Waals surface area contributed by atoms with Gasteiger partial charge >= 0.3 is 5.69 Å². The van der Waals surface area contributed by atoms with Crippen molar-refractivity contribution < 1.29 is 0 Å². The van der Waals surface area contributed by atoms with Gasteiger partial charge in [0.2, 0.25) is 0 Å². The zero-order chi connectivity index (χ0) is 14.1. The van der Waals surface area contributed by atoms with Crippen molar-refractivity contribution in [3.63, 3.8) is 0 Å². The Morgan fingerprint density at radius 2 is 1.90 bits per heavy atom. The van der Waals surface area contributed by atoms with Crippen LogP contribution in [-0.4, -0.2) is 22.2 Å². The van der Waals surface area contributed by atoms with Crippen molar-refractivity contribution in [1.82, 2.24) is 14.5 Å². The lowest BCUT2D eigenvalue weighted by Crippen LogP contribution is -2.45. The summed E-state index contributed by atoms with van der Waals surface area (Å²) in [5, 5.41) is 3.90. The third-order valence-corrected chi connectivity index (χ3v) is 4.07. The van der Waals surface area contributed by atoms with Gasteiger partial charge in [0.05, 0.1) is 10.9 Å². The van der Waals surface area contributed by atoms with E-state index in [1.54, 1.807) is 10.6 Å². The molecule has 5 nitrogen and oxygen atoms in total. The Balaban J connectivity index is 2.31. The molecule has 106 valence electrons. The highest BCUT2D eigenvalue weighted by Crippen LogP contribution is 2.16. The van der Waals surface area contributed by atoms with E-state index >= 15 is 0 Å². The molecule has 0 unspecified atom stereocenters. The molecule has 1 saturated heterocycles. The van der Waals surface area contributed by atoms with Gasteiger partial charge in [-0.25, -0.2) is 4.79 Å². The van der Waals surface area contributed by atoms with Gasteiger partial charge in [-0.05, 0) is 45.0 Å². The Hall–Kier alpha value is -1.88. The van der Waals surface area contributed by atoms with Gasteiger partial charge in [-0.1, -0.05) is 12.1 Å². The quantitative estimate of drug-likeness (QED) is 0.891. The molecule has 0 saturated carbocycles. The van der Waals surface area contributed by atoms with Gasteiger partial charge in [-0.2, -0.15) is 0 Å². The van der Waals surface area contributed by atoms with Gasteiger partial charge in [-0.15, -0.1) is 0 Å². The molecule has 2 heterocycles. The average molecular weight is 273 g/mol. The van der Waals surface area contributed by atoms with E-state index in [2.05, 4.69) is 5.32 Å².